The summed E-state index contributed by atoms with van der Waals surface area (Å²) in [6, 6.07) is 10.0. The van der Waals surface area contributed by atoms with E-state index in [1.54, 1.807) is 6.07 Å². The van der Waals surface area contributed by atoms with Crippen LogP contribution in [-0.4, -0.2) is 54.9 Å². The van der Waals surface area contributed by atoms with E-state index in [4.69, 9.17) is 14.2 Å². The minimum absolute atomic E-state index is 0.0677. The van der Waals surface area contributed by atoms with Crippen LogP contribution in [0.4, 0.5) is 0 Å². The summed E-state index contributed by atoms with van der Waals surface area (Å²) in [6.45, 7) is 0. The van der Waals surface area contributed by atoms with Crippen molar-refractivity contribution in [2.75, 3.05) is 20.5 Å². The highest BCUT2D eigenvalue weighted by molar-refractivity contribution is 7.90. The van der Waals surface area contributed by atoms with Gasteiger partial charge in [0.25, 0.3) is 0 Å². The zero-order chi connectivity index (χ0) is 21.9. The fraction of sp³-hybridized carbons (Fsp3) is 0.158. The summed E-state index contributed by atoms with van der Waals surface area (Å²) in [7, 11) is -0.782. The van der Waals surface area contributed by atoms with Crippen molar-refractivity contribution in [3.8, 4) is 34.8 Å². The molecular weight excluding hydrogens is 414 g/mol. The second-order valence-corrected chi connectivity index (χ2v) is 7.92. The summed E-state index contributed by atoms with van der Waals surface area (Å²) in [5.74, 6) is -1.05. The summed E-state index contributed by atoms with van der Waals surface area (Å²) in [6.07, 6.45) is 1.02. The molecular formula is C19H17N3O7S. The molecule has 0 fully saturated rings. The third-order valence-corrected chi connectivity index (χ3v) is 4.88. The van der Waals surface area contributed by atoms with Crippen LogP contribution in [0.3, 0.4) is 0 Å². The van der Waals surface area contributed by atoms with Gasteiger partial charge in [-0.25, -0.2) is 18.2 Å². The van der Waals surface area contributed by atoms with Crippen LogP contribution in [0.5, 0.6) is 23.5 Å². The molecule has 3 rings (SSSR count). The molecule has 1 aromatic carbocycles. The molecule has 0 bridgehead atoms. The van der Waals surface area contributed by atoms with Crippen molar-refractivity contribution in [2.24, 2.45) is 0 Å². The predicted molar refractivity (Wildman–Crippen MR) is 105 cm³/mol. The maximum Gasteiger partial charge on any atom is 0.340 e. The van der Waals surface area contributed by atoms with Crippen LogP contribution in [0.2, 0.25) is 0 Å². The Kier molecular flexibility index (Phi) is 5.83. The topological polar surface area (TPSA) is 138 Å². The maximum atomic E-state index is 12.0. The van der Waals surface area contributed by atoms with Crippen molar-refractivity contribution in [1.29, 1.82) is 0 Å². The van der Waals surface area contributed by atoms with Gasteiger partial charge < -0.3 is 19.3 Å². The molecule has 1 N–H and O–H groups in total. The van der Waals surface area contributed by atoms with Gasteiger partial charge in [0.1, 0.15) is 11.3 Å². The zero-order valence-electron chi connectivity index (χ0n) is 16.2. The predicted octanol–water partition coefficient (Wildman–Crippen LogP) is 2.45. The van der Waals surface area contributed by atoms with Crippen LogP contribution in [0.15, 0.2) is 47.5 Å². The number of benzene rings is 1. The number of aromatic nitrogens is 3. The smallest absolute Gasteiger partial charge is 0.340 e. The molecule has 2 aromatic heterocycles. The lowest BCUT2D eigenvalue weighted by Gasteiger charge is -2.13. The van der Waals surface area contributed by atoms with E-state index in [1.807, 2.05) is 0 Å². The molecule has 0 radical (unpaired) electrons. The molecule has 3 aromatic rings. The third-order valence-electron chi connectivity index (χ3n) is 3.90. The van der Waals surface area contributed by atoms with Gasteiger partial charge in [0.05, 0.1) is 26.0 Å². The van der Waals surface area contributed by atoms with Crippen LogP contribution in [0, 0.1) is 0 Å². The van der Waals surface area contributed by atoms with E-state index < -0.39 is 15.8 Å². The SMILES string of the molecule is COc1cc(OC)nc(Oc2cccc(-c3cccc(S(C)(=O)=O)n3)c2C(=O)O)n1. The maximum absolute atomic E-state index is 12.0. The molecule has 11 heteroatoms. The first-order chi connectivity index (χ1) is 14.2. The van der Waals surface area contributed by atoms with Gasteiger partial charge >= 0.3 is 12.0 Å². The van der Waals surface area contributed by atoms with Crippen molar-refractivity contribution in [1.82, 2.24) is 15.0 Å². The molecule has 0 aliphatic heterocycles. The fourth-order valence-electron chi connectivity index (χ4n) is 2.56. The lowest BCUT2D eigenvalue weighted by Crippen LogP contribution is -2.06. The number of aromatic carboxylic acids is 1. The fourth-order valence-corrected chi connectivity index (χ4v) is 3.15. The van der Waals surface area contributed by atoms with Crippen LogP contribution in [0.25, 0.3) is 11.3 Å². The standard InChI is InChI=1S/C19H17N3O7S/c1-27-14-10-15(28-2)22-19(21-14)29-13-8-4-6-11(17(13)18(23)24)12-7-5-9-16(20-12)30(3,25)26/h4-10H,1-3H3,(H,23,24). The molecule has 30 heavy (non-hydrogen) atoms. The highest BCUT2D eigenvalue weighted by Crippen LogP contribution is 2.33. The number of pyridine rings is 1. The first-order valence-electron chi connectivity index (χ1n) is 8.41. The molecule has 0 unspecified atom stereocenters. The van der Waals surface area contributed by atoms with Crippen molar-refractivity contribution in [3.05, 3.63) is 48.0 Å². The van der Waals surface area contributed by atoms with Crippen molar-refractivity contribution in [3.63, 3.8) is 0 Å². The average Bonchev–Trinajstić information content (AvgIpc) is 2.72. The van der Waals surface area contributed by atoms with Gasteiger partial charge in [-0.15, -0.1) is 0 Å². The van der Waals surface area contributed by atoms with Gasteiger partial charge in [-0.2, -0.15) is 9.97 Å². The lowest BCUT2D eigenvalue weighted by atomic mass is 10.0. The number of hydrogen-bond donors (Lipinski definition) is 1. The third kappa shape index (κ3) is 4.46. The summed E-state index contributed by atoms with van der Waals surface area (Å²) >= 11 is 0. The summed E-state index contributed by atoms with van der Waals surface area (Å²) < 4.78 is 39.4. The number of ether oxygens (including phenoxy) is 3. The number of nitrogens with zero attached hydrogens (tertiary/aromatic N) is 3. The Hall–Kier alpha value is -3.73. The van der Waals surface area contributed by atoms with E-state index in [-0.39, 0.29) is 45.4 Å². The number of sulfone groups is 1. The first-order valence-corrected chi connectivity index (χ1v) is 10.3. The number of carboxylic acid groups (broad SMARTS) is 1. The Morgan fingerprint density at radius 3 is 2.17 bits per heavy atom. The van der Waals surface area contributed by atoms with Gasteiger partial charge in [0.2, 0.25) is 11.8 Å². The second kappa shape index (κ2) is 8.33. The largest absolute Gasteiger partial charge is 0.481 e. The number of rotatable bonds is 7. The molecule has 2 heterocycles. The lowest BCUT2D eigenvalue weighted by molar-refractivity contribution is 0.0695. The first kappa shape index (κ1) is 21.0. The Bertz CT molecular complexity index is 1190. The minimum atomic E-state index is -3.58. The van der Waals surface area contributed by atoms with E-state index >= 15 is 0 Å². The Balaban J connectivity index is 2.12. The number of hydrogen-bond acceptors (Lipinski definition) is 9. The molecule has 156 valence electrons. The molecule has 0 aliphatic rings. The van der Waals surface area contributed by atoms with Crippen LogP contribution in [-0.2, 0) is 9.84 Å². The van der Waals surface area contributed by atoms with Gasteiger partial charge in [-0.3, -0.25) is 0 Å². The van der Waals surface area contributed by atoms with E-state index in [0.717, 1.165) is 6.26 Å². The summed E-state index contributed by atoms with van der Waals surface area (Å²) in [4.78, 5) is 24.1. The molecule has 0 saturated heterocycles. The minimum Gasteiger partial charge on any atom is -0.481 e. The van der Waals surface area contributed by atoms with E-state index in [2.05, 4.69) is 15.0 Å². The number of carboxylic acids is 1. The second-order valence-electron chi connectivity index (χ2n) is 5.95. The normalized spacial score (nSPS) is 11.0. The Labute approximate surface area is 172 Å². The summed E-state index contributed by atoms with van der Waals surface area (Å²) in [5, 5.41) is 9.62. The van der Waals surface area contributed by atoms with E-state index in [9.17, 15) is 18.3 Å². The molecule has 10 nitrogen and oxygen atoms in total. The quantitative estimate of drug-likeness (QED) is 0.593. The van der Waals surface area contributed by atoms with Gasteiger partial charge in [0, 0.05) is 11.8 Å². The monoisotopic (exact) mass is 431 g/mol. The van der Waals surface area contributed by atoms with Gasteiger partial charge in [0.15, 0.2) is 14.9 Å². The van der Waals surface area contributed by atoms with Crippen molar-refractivity contribution >= 4 is 15.8 Å². The van der Waals surface area contributed by atoms with Crippen LogP contribution < -0.4 is 14.2 Å². The molecule has 0 atom stereocenters. The molecule has 0 aliphatic carbocycles. The van der Waals surface area contributed by atoms with E-state index in [0.29, 0.717) is 0 Å². The highest BCUT2D eigenvalue weighted by atomic mass is 32.2. The van der Waals surface area contributed by atoms with E-state index in [1.165, 1.54) is 50.6 Å². The van der Waals surface area contributed by atoms with Crippen molar-refractivity contribution in [2.45, 2.75) is 5.03 Å². The van der Waals surface area contributed by atoms with Crippen LogP contribution in [0.1, 0.15) is 10.4 Å². The molecule has 0 spiro atoms. The Morgan fingerprint density at radius 1 is 0.967 bits per heavy atom. The number of methoxy groups -OCH3 is 2. The Morgan fingerprint density at radius 2 is 1.60 bits per heavy atom. The van der Waals surface area contributed by atoms with Gasteiger partial charge in [-0.1, -0.05) is 18.2 Å². The summed E-state index contributed by atoms with van der Waals surface area (Å²) in [5.41, 5.74) is 0.0892. The zero-order valence-corrected chi connectivity index (χ0v) is 17.0. The van der Waals surface area contributed by atoms with Gasteiger partial charge in [-0.05, 0) is 18.2 Å². The average molecular weight is 431 g/mol. The highest BCUT2D eigenvalue weighted by Gasteiger charge is 2.21. The van der Waals surface area contributed by atoms with Crippen molar-refractivity contribution < 1.29 is 32.5 Å². The number of carbonyl (C=O) groups is 1. The molecule has 0 saturated carbocycles. The van der Waals surface area contributed by atoms with Crippen LogP contribution >= 0.6 is 0 Å². The molecule has 0 amide bonds.